The van der Waals surface area contributed by atoms with Crippen LogP contribution in [0.5, 0.6) is 0 Å². The molecular formula is C18H26N4O4S. The van der Waals surface area contributed by atoms with E-state index in [1.54, 1.807) is 12.1 Å². The minimum Gasteiger partial charge on any atom is -0.326 e. The molecule has 0 aliphatic carbocycles. The smallest absolute Gasteiger partial charge is 0.325 e. The van der Waals surface area contributed by atoms with Crippen LogP contribution >= 0.6 is 0 Å². The van der Waals surface area contributed by atoms with Crippen LogP contribution < -0.4 is 5.32 Å². The number of benzene rings is 1. The molecule has 0 saturated carbocycles. The van der Waals surface area contributed by atoms with Crippen LogP contribution in [0, 0.1) is 0 Å². The van der Waals surface area contributed by atoms with Gasteiger partial charge in [0.2, 0.25) is 10.0 Å². The van der Waals surface area contributed by atoms with E-state index in [9.17, 15) is 18.0 Å². The predicted molar refractivity (Wildman–Crippen MR) is 101 cm³/mol. The summed E-state index contributed by atoms with van der Waals surface area (Å²) < 4.78 is 26.7. The highest BCUT2D eigenvalue weighted by molar-refractivity contribution is 7.88. The second-order valence-electron chi connectivity index (χ2n) is 6.96. The molecule has 2 heterocycles. The summed E-state index contributed by atoms with van der Waals surface area (Å²) in [6.07, 6.45) is 1.45. The summed E-state index contributed by atoms with van der Waals surface area (Å²) in [5, 5.41) is 2.71. The van der Waals surface area contributed by atoms with Crippen LogP contribution in [-0.2, 0) is 20.6 Å². The zero-order valence-corrected chi connectivity index (χ0v) is 16.3. The number of urea groups is 1. The lowest BCUT2D eigenvalue weighted by Crippen LogP contribution is -2.52. The maximum atomic E-state index is 12.6. The number of piperazine rings is 1. The third-order valence-electron chi connectivity index (χ3n) is 4.94. The van der Waals surface area contributed by atoms with Gasteiger partial charge in [-0.3, -0.25) is 9.69 Å². The SMILES string of the molecule is CCC[C@H]1NC(=O)N(CN2CCN(S(=O)(=O)Cc3ccccc3)CC2)C1=O. The van der Waals surface area contributed by atoms with Crippen LogP contribution in [0.15, 0.2) is 30.3 Å². The second kappa shape index (κ2) is 8.37. The molecule has 0 radical (unpaired) electrons. The average Bonchev–Trinajstić information content (AvgIpc) is 2.90. The molecule has 0 spiro atoms. The van der Waals surface area contributed by atoms with Crippen molar-refractivity contribution in [3.63, 3.8) is 0 Å². The highest BCUT2D eigenvalue weighted by Crippen LogP contribution is 2.16. The molecule has 27 heavy (non-hydrogen) atoms. The lowest BCUT2D eigenvalue weighted by Gasteiger charge is -2.35. The number of nitrogens with zero attached hydrogens (tertiary/aromatic N) is 3. The molecule has 1 N–H and O–H groups in total. The van der Waals surface area contributed by atoms with Crippen molar-refractivity contribution in [2.45, 2.75) is 31.6 Å². The zero-order valence-electron chi connectivity index (χ0n) is 15.5. The topological polar surface area (TPSA) is 90.0 Å². The number of carbonyl (C=O) groups excluding carboxylic acids is 2. The summed E-state index contributed by atoms with van der Waals surface area (Å²) in [6.45, 7) is 3.87. The first-order chi connectivity index (χ1) is 12.9. The zero-order chi connectivity index (χ0) is 19.4. The van der Waals surface area contributed by atoms with Crippen molar-refractivity contribution in [2.75, 3.05) is 32.8 Å². The maximum absolute atomic E-state index is 12.6. The van der Waals surface area contributed by atoms with Gasteiger partial charge < -0.3 is 5.32 Å². The molecule has 1 aromatic carbocycles. The van der Waals surface area contributed by atoms with Crippen LogP contribution in [0.2, 0.25) is 0 Å². The van der Waals surface area contributed by atoms with Gasteiger partial charge in [0.1, 0.15) is 6.04 Å². The molecule has 1 aromatic rings. The van der Waals surface area contributed by atoms with Gasteiger partial charge in [-0.25, -0.2) is 18.1 Å². The number of imide groups is 1. The van der Waals surface area contributed by atoms with Crippen molar-refractivity contribution in [2.24, 2.45) is 0 Å². The van der Waals surface area contributed by atoms with Crippen molar-refractivity contribution in [1.29, 1.82) is 0 Å². The van der Waals surface area contributed by atoms with Crippen molar-refractivity contribution in [3.8, 4) is 0 Å². The van der Waals surface area contributed by atoms with Gasteiger partial charge in [0.15, 0.2) is 0 Å². The Bertz CT molecular complexity index is 776. The minimum absolute atomic E-state index is 0.0143. The third-order valence-corrected chi connectivity index (χ3v) is 6.79. The van der Waals surface area contributed by atoms with E-state index >= 15 is 0 Å². The van der Waals surface area contributed by atoms with E-state index in [1.165, 1.54) is 9.21 Å². The van der Waals surface area contributed by atoms with Gasteiger partial charge in [-0.1, -0.05) is 43.7 Å². The van der Waals surface area contributed by atoms with Crippen molar-refractivity contribution >= 4 is 22.0 Å². The molecule has 148 valence electrons. The molecule has 1 atom stereocenters. The Morgan fingerprint density at radius 1 is 1.07 bits per heavy atom. The lowest BCUT2D eigenvalue weighted by atomic mass is 10.2. The van der Waals surface area contributed by atoms with Crippen LogP contribution in [0.4, 0.5) is 4.79 Å². The van der Waals surface area contributed by atoms with Gasteiger partial charge in [-0.15, -0.1) is 0 Å². The van der Waals surface area contributed by atoms with Gasteiger partial charge >= 0.3 is 6.03 Å². The minimum atomic E-state index is -3.38. The number of nitrogens with one attached hydrogen (secondary N) is 1. The Balaban J connectivity index is 1.53. The predicted octanol–water partition coefficient (Wildman–Crippen LogP) is 0.812. The van der Waals surface area contributed by atoms with Crippen LogP contribution in [0.3, 0.4) is 0 Å². The van der Waals surface area contributed by atoms with Gasteiger partial charge in [0.25, 0.3) is 5.91 Å². The molecule has 2 aliphatic rings. The second-order valence-corrected chi connectivity index (χ2v) is 8.93. The molecule has 9 heteroatoms. The fourth-order valence-corrected chi connectivity index (χ4v) is 4.94. The summed E-state index contributed by atoms with van der Waals surface area (Å²) in [5.74, 6) is -0.208. The summed E-state index contributed by atoms with van der Waals surface area (Å²) in [6, 6.07) is 8.32. The number of rotatable bonds is 7. The molecule has 3 rings (SSSR count). The average molecular weight is 394 g/mol. The van der Waals surface area contributed by atoms with Gasteiger partial charge in [-0.05, 0) is 12.0 Å². The van der Waals surface area contributed by atoms with E-state index < -0.39 is 16.1 Å². The quantitative estimate of drug-likeness (QED) is 0.692. The van der Waals surface area contributed by atoms with Crippen LogP contribution in [0.1, 0.15) is 25.3 Å². The largest absolute Gasteiger partial charge is 0.326 e. The fourth-order valence-electron chi connectivity index (χ4n) is 3.42. The number of hydrogen-bond donors (Lipinski definition) is 1. The monoisotopic (exact) mass is 394 g/mol. The lowest BCUT2D eigenvalue weighted by molar-refractivity contribution is -0.129. The van der Waals surface area contributed by atoms with Crippen LogP contribution in [0.25, 0.3) is 0 Å². The molecule has 2 fully saturated rings. The highest BCUT2D eigenvalue weighted by Gasteiger charge is 2.38. The van der Waals surface area contributed by atoms with E-state index in [4.69, 9.17) is 0 Å². The maximum Gasteiger partial charge on any atom is 0.325 e. The summed E-state index contributed by atoms with van der Waals surface area (Å²) in [7, 11) is -3.38. The highest BCUT2D eigenvalue weighted by atomic mass is 32.2. The van der Waals surface area contributed by atoms with Gasteiger partial charge in [-0.2, -0.15) is 4.31 Å². The molecule has 0 bridgehead atoms. The fraction of sp³-hybridized carbons (Fsp3) is 0.556. The van der Waals surface area contributed by atoms with E-state index in [1.807, 2.05) is 30.0 Å². The Hall–Kier alpha value is -1.97. The molecule has 2 aliphatic heterocycles. The van der Waals surface area contributed by atoms with E-state index in [2.05, 4.69) is 5.32 Å². The van der Waals surface area contributed by atoms with Crippen molar-refractivity contribution in [3.05, 3.63) is 35.9 Å². The Labute approximate surface area is 160 Å². The number of sulfonamides is 1. The van der Waals surface area contributed by atoms with Gasteiger partial charge in [0.05, 0.1) is 12.4 Å². The Morgan fingerprint density at radius 2 is 1.74 bits per heavy atom. The summed E-state index contributed by atoms with van der Waals surface area (Å²) in [4.78, 5) is 27.5. The Morgan fingerprint density at radius 3 is 2.37 bits per heavy atom. The molecule has 2 saturated heterocycles. The molecule has 8 nitrogen and oxygen atoms in total. The number of hydrogen-bond acceptors (Lipinski definition) is 5. The molecular weight excluding hydrogens is 368 g/mol. The number of amides is 3. The normalized spacial score (nSPS) is 22.3. The molecule has 0 aromatic heterocycles. The first-order valence-corrected chi connectivity index (χ1v) is 10.9. The first-order valence-electron chi connectivity index (χ1n) is 9.26. The molecule has 0 unspecified atom stereocenters. The van der Waals surface area contributed by atoms with Gasteiger partial charge in [0, 0.05) is 26.2 Å². The standard InChI is InChI=1S/C18H26N4O4S/c1-2-6-16-17(23)22(18(24)19-16)14-20-9-11-21(12-10-20)27(25,26)13-15-7-4-3-5-8-15/h3-5,7-8,16H,2,6,9-14H2,1H3,(H,19,24)/t16-/m1/s1. The Kier molecular flexibility index (Phi) is 6.13. The van der Waals surface area contributed by atoms with E-state index in [0.717, 1.165) is 12.0 Å². The first kappa shape index (κ1) is 19.8. The number of carbonyl (C=O) groups is 2. The summed E-state index contributed by atoms with van der Waals surface area (Å²) in [5.41, 5.74) is 0.765. The van der Waals surface area contributed by atoms with E-state index in [-0.39, 0.29) is 24.4 Å². The van der Waals surface area contributed by atoms with Crippen molar-refractivity contribution < 1.29 is 18.0 Å². The van der Waals surface area contributed by atoms with Crippen LogP contribution in [-0.4, -0.2) is 73.4 Å². The molecule has 3 amide bonds. The summed E-state index contributed by atoms with van der Waals surface area (Å²) >= 11 is 0. The van der Waals surface area contributed by atoms with Crippen molar-refractivity contribution in [1.82, 2.24) is 19.4 Å². The van der Waals surface area contributed by atoms with E-state index in [0.29, 0.717) is 32.6 Å². The third kappa shape index (κ3) is 4.66.